The molecule has 0 aliphatic carbocycles. The van der Waals surface area contributed by atoms with E-state index in [0.29, 0.717) is 36.7 Å². The van der Waals surface area contributed by atoms with Crippen molar-refractivity contribution in [3.63, 3.8) is 0 Å². The molecule has 0 atom stereocenters. The molecule has 0 aromatic carbocycles. The Labute approximate surface area is 106 Å². The highest BCUT2D eigenvalue weighted by atomic mass is 16.4. The number of anilines is 1. The molecule has 0 bridgehead atoms. The van der Waals surface area contributed by atoms with Crippen molar-refractivity contribution in [1.29, 1.82) is 0 Å². The molecule has 0 aliphatic heterocycles. The molecule has 7 heteroatoms. The Balaban J connectivity index is 3.13. The van der Waals surface area contributed by atoms with Crippen LogP contribution in [0, 0.1) is 6.92 Å². The molecule has 1 heterocycles. The lowest BCUT2D eigenvalue weighted by molar-refractivity contribution is 0.289. The molecule has 0 saturated carbocycles. The molecule has 0 spiro atoms. The molecule has 100 valence electrons. The summed E-state index contributed by atoms with van der Waals surface area (Å²) in [6, 6.07) is 0. The average Bonchev–Trinajstić information content (AvgIpc) is 2.39. The number of aliphatic hydroxyl groups excluding tert-OH is 1. The van der Waals surface area contributed by atoms with Crippen LogP contribution in [0.5, 0.6) is 0 Å². The smallest absolute Gasteiger partial charge is 0.175 e. The Morgan fingerprint density at radius 3 is 2.83 bits per heavy atom. The maximum atomic E-state index is 8.89. The van der Waals surface area contributed by atoms with Crippen LogP contribution in [-0.2, 0) is 0 Å². The highest BCUT2D eigenvalue weighted by molar-refractivity contribution is 6.01. The van der Waals surface area contributed by atoms with Crippen molar-refractivity contribution in [2.75, 3.05) is 24.6 Å². The fraction of sp³-hybridized carbons (Fsp3) is 0.545. The second-order valence-electron chi connectivity index (χ2n) is 3.80. The summed E-state index contributed by atoms with van der Waals surface area (Å²) in [5.74, 6) is 1.21. The zero-order valence-electron chi connectivity index (χ0n) is 10.7. The lowest BCUT2D eigenvalue weighted by atomic mass is 10.2. The lowest BCUT2D eigenvalue weighted by Gasteiger charge is -2.23. The van der Waals surface area contributed by atoms with Crippen molar-refractivity contribution in [3.05, 3.63) is 17.6 Å². The Morgan fingerprint density at radius 2 is 2.28 bits per heavy atom. The van der Waals surface area contributed by atoms with Gasteiger partial charge in [-0.3, -0.25) is 0 Å². The summed E-state index contributed by atoms with van der Waals surface area (Å²) < 4.78 is 0. The number of hydrogen-bond donors (Lipinski definition) is 3. The van der Waals surface area contributed by atoms with Gasteiger partial charge in [0.25, 0.3) is 0 Å². The third-order valence-corrected chi connectivity index (χ3v) is 2.54. The summed E-state index contributed by atoms with van der Waals surface area (Å²) in [6.07, 6.45) is 2.17. The molecule has 4 N–H and O–H groups in total. The van der Waals surface area contributed by atoms with Crippen LogP contribution in [0.25, 0.3) is 0 Å². The van der Waals surface area contributed by atoms with E-state index in [9.17, 15) is 0 Å². The maximum absolute atomic E-state index is 8.89. The molecule has 1 aromatic heterocycles. The Kier molecular flexibility index (Phi) is 5.31. The second kappa shape index (κ2) is 6.75. The molecule has 0 radical (unpaired) electrons. The van der Waals surface area contributed by atoms with E-state index in [-0.39, 0.29) is 12.4 Å². The van der Waals surface area contributed by atoms with Gasteiger partial charge in [0.05, 0.1) is 5.56 Å². The van der Waals surface area contributed by atoms with Crippen LogP contribution < -0.4 is 10.6 Å². The number of nitrogens with two attached hydrogens (primary N) is 1. The highest BCUT2D eigenvalue weighted by Crippen LogP contribution is 2.17. The first kappa shape index (κ1) is 14.2. The normalized spacial score (nSPS) is 11.6. The second-order valence-corrected chi connectivity index (χ2v) is 3.80. The van der Waals surface area contributed by atoms with E-state index in [0.717, 1.165) is 0 Å². The lowest BCUT2D eigenvalue weighted by Crippen LogP contribution is -2.29. The van der Waals surface area contributed by atoms with Gasteiger partial charge < -0.3 is 20.9 Å². The van der Waals surface area contributed by atoms with Crippen LogP contribution in [-0.4, -0.2) is 45.8 Å². The molecule has 0 saturated heterocycles. The van der Waals surface area contributed by atoms with Crippen LogP contribution in [0.4, 0.5) is 5.82 Å². The van der Waals surface area contributed by atoms with Gasteiger partial charge in [0.2, 0.25) is 0 Å². The molecule has 0 aliphatic rings. The van der Waals surface area contributed by atoms with Crippen LogP contribution in [0.3, 0.4) is 0 Å². The number of aryl methyl sites for hydroxylation is 1. The first-order valence-electron chi connectivity index (χ1n) is 5.81. The van der Waals surface area contributed by atoms with E-state index in [1.165, 1.54) is 6.20 Å². The van der Waals surface area contributed by atoms with E-state index < -0.39 is 0 Å². The van der Waals surface area contributed by atoms with E-state index in [4.69, 9.17) is 16.0 Å². The third-order valence-electron chi connectivity index (χ3n) is 2.54. The fourth-order valence-corrected chi connectivity index (χ4v) is 1.61. The molecule has 0 fully saturated rings. The molecule has 18 heavy (non-hydrogen) atoms. The number of amidine groups is 1. The SMILES string of the molecule is CCN(CCCO)c1nc(C)ncc1C(N)=NO. The minimum atomic E-state index is -0.0209. The van der Waals surface area contributed by atoms with Gasteiger partial charge in [-0.25, -0.2) is 9.97 Å². The first-order valence-corrected chi connectivity index (χ1v) is 5.81. The summed E-state index contributed by atoms with van der Waals surface area (Å²) in [7, 11) is 0. The number of oxime groups is 1. The van der Waals surface area contributed by atoms with Gasteiger partial charge >= 0.3 is 0 Å². The zero-order chi connectivity index (χ0) is 13.5. The summed E-state index contributed by atoms with van der Waals surface area (Å²) in [5, 5.41) is 20.6. The monoisotopic (exact) mass is 253 g/mol. The maximum Gasteiger partial charge on any atom is 0.175 e. The Morgan fingerprint density at radius 1 is 1.56 bits per heavy atom. The first-order chi connectivity index (χ1) is 8.63. The highest BCUT2D eigenvalue weighted by Gasteiger charge is 2.15. The van der Waals surface area contributed by atoms with Crippen molar-refractivity contribution >= 4 is 11.7 Å². The van der Waals surface area contributed by atoms with Crippen molar-refractivity contribution in [2.45, 2.75) is 20.3 Å². The van der Waals surface area contributed by atoms with Crippen molar-refractivity contribution in [3.8, 4) is 0 Å². The minimum Gasteiger partial charge on any atom is -0.409 e. The quantitative estimate of drug-likeness (QED) is 0.287. The fourth-order valence-electron chi connectivity index (χ4n) is 1.61. The third kappa shape index (κ3) is 3.30. The van der Waals surface area contributed by atoms with Crippen LogP contribution >= 0.6 is 0 Å². The molecule has 1 aromatic rings. The van der Waals surface area contributed by atoms with E-state index >= 15 is 0 Å². The number of nitrogens with zero attached hydrogens (tertiary/aromatic N) is 4. The molecule has 7 nitrogen and oxygen atoms in total. The van der Waals surface area contributed by atoms with Crippen LogP contribution in [0.15, 0.2) is 11.4 Å². The standard InChI is InChI=1S/C11H19N5O2/c1-3-16(5-4-6-17)11-9(10(12)15-18)7-13-8(2)14-11/h7,17-18H,3-6H2,1-2H3,(H2,12,15). The van der Waals surface area contributed by atoms with Crippen molar-refractivity contribution in [1.82, 2.24) is 9.97 Å². The van der Waals surface area contributed by atoms with Crippen LogP contribution in [0.2, 0.25) is 0 Å². The molecule has 0 unspecified atom stereocenters. The predicted octanol–water partition coefficient (Wildman–Crippen LogP) is 0.0882. The van der Waals surface area contributed by atoms with Crippen LogP contribution in [0.1, 0.15) is 24.7 Å². The van der Waals surface area contributed by atoms with Gasteiger partial charge in [-0.1, -0.05) is 5.16 Å². The van der Waals surface area contributed by atoms with Gasteiger partial charge in [-0.15, -0.1) is 0 Å². The Bertz CT molecular complexity index is 422. The summed E-state index contributed by atoms with van der Waals surface area (Å²) in [5.41, 5.74) is 6.10. The van der Waals surface area contributed by atoms with Crippen molar-refractivity contribution in [2.24, 2.45) is 10.9 Å². The number of hydrogen-bond acceptors (Lipinski definition) is 6. The van der Waals surface area contributed by atoms with Crippen molar-refractivity contribution < 1.29 is 10.3 Å². The van der Waals surface area contributed by atoms with E-state index in [2.05, 4.69) is 15.1 Å². The molecule has 0 amide bonds. The van der Waals surface area contributed by atoms with Gasteiger partial charge in [0.1, 0.15) is 11.6 Å². The minimum absolute atomic E-state index is 0.0209. The predicted molar refractivity (Wildman–Crippen MR) is 68.9 cm³/mol. The summed E-state index contributed by atoms with van der Waals surface area (Å²) in [4.78, 5) is 10.3. The zero-order valence-corrected chi connectivity index (χ0v) is 10.7. The molecular formula is C11H19N5O2. The van der Waals surface area contributed by atoms with E-state index in [1.807, 2.05) is 11.8 Å². The molecular weight excluding hydrogens is 234 g/mol. The largest absolute Gasteiger partial charge is 0.409 e. The number of aliphatic hydroxyl groups is 1. The van der Waals surface area contributed by atoms with E-state index in [1.54, 1.807) is 6.92 Å². The van der Waals surface area contributed by atoms with Gasteiger partial charge in [-0.2, -0.15) is 0 Å². The van der Waals surface area contributed by atoms with Gasteiger partial charge in [-0.05, 0) is 20.3 Å². The van der Waals surface area contributed by atoms with Gasteiger partial charge in [0, 0.05) is 25.9 Å². The Hall–Kier alpha value is -1.89. The summed E-state index contributed by atoms with van der Waals surface area (Å²) >= 11 is 0. The summed E-state index contributed by atoms with van der Waals surface area (Å²) in [6.45, 7) is 5.22. The number of aromatic nitrogens is 2. The topological polar surface area (TPSA) is 108 Å². The molecule has 1 rings (SSSR count). The number of rotatable bonds is 6. The average molecular weight is 253 g/mol. The van der Waals surface area contributed by atoms with Gasteiger partial charge in [0.15, 0.2) is 5.84 Å².